The molecule has 2 heterocycles. The highest BCUT2D eigenvalue weighted by Crippen LogP contribution is 2.14. The molecule has 2 aromatic heterocycles. The summed E-state index contributed by atoms with van der Waals surface area (Å²) < 4.78 is 0. The van der Waals surface area contributed by atoms with Gasteiger partial charge in [0.05, 0.1) is 5.01 Å². The van der Waals surface area contributed by atoms with E-state index in [9.17, 15) is 0 Å². The Morgan fingerprint density at radius 1 is 1.15 bits per heavy atom. The minimum absolute atomic E-state index is 0.685. The molecule has 0 bridgehead atoms. The van der Waals surface area contributed by atoms with Crippen LogP contribution < -0.4 is 10.6 Å². The van der Waals surface area contributed by atoms with Crippen LogP contribution in [0.5, 0.6) is 0 Å². The van der Waals surface area contributed by atoms with Gasteiger partial charge in [-0.15, -0.1) is 11.3 Å². The summed E-state index contributed by atoms with van der Waals surface area (Å²) in [6.45, 7) is 7.88. The summed E-state index contributed by atoms with van der Waals surface area (Å²) in [5.41, 5.74) is 2.15. The van der Waals surface area contributed by atoms with E-state index in [0.717, 1.165) is 48.0 Å². The van der Waals surface area contributed by atoms with Crippen LogP contribution in [0, 0.1) is 13.8 Å². The zero-order valence-corrected chi connectivity index (χ0v) is 13.0. The van der Waals surface area contributed by atoms with Gasteiger partial charge in [-0.3, -0.25) is 0 Å². The van der Waals surface area contributed by atoms with E-state index >= 15 is 0 Å². The third kappa shape index (κ3) is 4.16. The first-order valence-corrected chi connectivity index (χ1v) is 7.79. The van der Waals surface area contributed by atoms with Gasteiger partial charge in [-0.05, 0) is 20.3 Å². The molecule has 2 N–H and O–H groups in total. The van der Waals surface area contributed by atoms with E-state index < -0.39 is 0 Å². The Balaban J connectivity index is 1.90. The fraction of sp³-hybridized carbons (Fsp3) is 0.500. The molecule has 20 heavy (non-hydrogen) atoms. The highest BCUT2D eigenvalue weighted by atomic mass is 32.1. The first-order valence-electron chi connectivity index (χ1n) is 6.91. The number of thiazole rings is 1. The zero-order valence-electron chi connectivity index (χ0n) is 12.2. The fourth-order valence-electron chi connectivity index (χ4n) is 1.75. The van der Waals surface area contributed by atoms with Gasteiger partial charge in [0, 0.05) is 42.3 Å². The van der Waals surface area contributed by atoms with E-state index in [4.69, 9.17) is 0 Å². The lowest BCUT2D eigenvalue weighted by molar-refractivity contribution is 0.939. The maximum absolute atomic E-state index is 4.50. The Labute approximate surface area is 123 Å². The molecule has 0 aliphatic rings. The van der Waals surface area contributed by atoms with E-state index in [1.165, 1.54) is 0 Å². The lowest BCUT2D eigenvalue weighted by atomic mass is 10.3. The van der Waals surface area contributed by atoms with Crippen molar-refractivity contribution in [3.05, 3.63) is 27.8 Å². The third-order valence-corrected chi connectivity index (χ3v) is 3.83. The monoisotopic (exact) mass is 291 g/mol. The van der Waals surface area contributed by atoms with Crippen molar-refractivity contribution in [3.63, 3.8) is 0 Å². The molecule has 0 spiro atoms. The molecule has 2 aromatic rings. The van der Waals surface area contributed by atoms with E-state index in [1.54, 1.807) is 11.3 Å². The van der Waals surface area contributed by atoms with Crippen LogP contribution in [0.15, 0.2) is 11.6 Å². The van der Waals surface area contributed by atoms with Crippen LogP contribution in [0.1, 0.15) is 29.6 Å². The first-order chi connectivity index (χ1) is 9.69. The molecule has 108 valence electrons. The maximum atomic E-state index is 4.50. The topological polar surface area (TPSA) is 62.7 Å². The summed E-state index contributed by atoms with van der Waals surface area (Å²) in [7, 11) is 0. The van der Waals surface area contributed by atoms with Crippen molar-refractivity contribution in [2.75, 3.05) is 23.7 Å². The summed E-state index contributed by atoms with van der Waals surface area (Å²) in [5, 5.41) is 9.80. The molecule has 0 aliphatic heterocycles. The Morgan fingerprint density at radius 2 is 2.00 bits per heavy atom. The maximum Gasteiger partial charge on any atom is 0.224 e. The molecule has 6 heteroatoms. The number of nitrogens with zero attached hydrogens (tertiary/aromatic N) is 3. The second-order valence-electron chi connectivity index (χ2n) is 4.71. The number of aromatic nitrogens is 3. The van der Waals surface area contributed by atoms with Crippen LogP contribution in [0.2, 0.25) is 0 Å². The average Bonchev–Trinajstić information content (AvgIpc) is 2.85. The van der Waals surface area contributed by atoms with Crippen molar-refractivity contribution < 1.29 is 0 Å². The molecule has 0 saturated heterocycles. The number of anilines is 2. The van der Waals surface area contributed by atoms with Gasteiger partial charge in [0.2, 0.25) is 5.95 Å². The molecular formula is C14H21N5S. The molecule has 0 saturated carbocycles. The summed E-state index contributed by atoms with van der Waals surface area (Å²) in [6, 6.07) is 0. The molecule has 0 unspecified atom stereocenters. The molecular weight excluding hydrogens is 270 g/mol. The van der Waals surface area contributed by atoms with Gasteiger partial charge in [0.1, 0.15) is 5.82 Å². The number of hydrogen-bond donors (Lipinski definition) is 2. The summed E-state index contributed by atoms with van der Waals surface area (Å²) in [4.78, 5) is 13.2. The van der Waals surface area contributed by atoms with E-state index in [0.29, 0.717) is 5.95 Å². The number of hydrogen-bond acceptors (Lipinski definition) is 6. The first kappa shape index (κ1) is 14.7. The lowest BCUT2D eigenvalue weighted by Gasteiger charge is -2.10. The van der Waals surface area contributed by atoms with Crippen LogP contribution in [0.25, 0.3) is 0 Å². The van der Waals surface area contributed by atoms with Crippen molar-refractivity contribution >= 4 is 23.1 Å². The highest BCUT2D eigenvalue weighted by molar-refractivity contribution is 7.09. The normalized spacial score (nSPS) is 10.6. The van der Waals surface area contributed by atoms with Gasteiger partial charge >= 0.3 is 0 Å². The molecule has 0 radical (unpaired) electrons. The fourth-order valence-corrected chi connectivity index (χ4v) is 2.52. The summed E-state index contributed by atoms with van der Waals surface area (Å²) in [6.07, 6.45) is 3.82. The molecule has 2 rings (SSSR count). The van der Waals surface area contributed by atoms with Gasteiger partial charge in [-0.1, -0.05) is 6.92 Å². The van der Waals surface area contributed by atoms with Crippen LogP contribution in [0.3, 0.4) is 0 Å². The molecule has 0 aromatic carbocycles. The minimum Gasteiger partial charge on any atom is -0.369 e. The largest absolute Gasteiger partial charge is 0.369 e. The van der Waals surface area contributed by atoms with Gasteiger partial charge in [-0.25, -0.2) is 9.97 Å². The van der Waals surface area contributed by atoms with Gasteiger partial charge in [0.25, 0.3) is 0 Å². The van der Waals surface area contributed by atoms with Crippen LogP contribution in [-0.4, -0.2) is 28.0 Å². The minimum atomic E-state index is 0.685. The molecule has 0 amide bonds. The standard InChI is InChI=1S/C14H21N5S/c1-4-6-16-14-17-8-10(2)13(19-14)15-7-5-12-18-11(3)9-20-12/h8-9H,4-7H2,1-3H3,(H2,15,16,17,19). The SMILES string of the molecule is CCCNc1ncc(C)c(NCCc2nc(C)cs2)n1. The predicted molar refractivity (Wildman–Crippen MR) is 84.6 cm³/mol. The molecule has 5 nitrogen and oxygen atoms in total. The molecule has 0 aliphatic carbocycles. The second kappa shape index (κ2) is 7.19. The molecule has 0 atom stereocenters. The molecule has 0 fully saturated rings. The van der Waals surface area contributed by atoms with Crippen molar-refractivity contribution in [2.24, 2.45) is 0 Å². The second-order valence-corrected chi connectivity index (χ2v) is 5.65. The predicted octanol–water partition coefficient (Wildman–Crippen LogP) is 3.03. The van der Waals surface area contributed by atoms with Gasteiger partial charge < -0.3 is 10.6 Å². The summed E-state index contributed by atoms with van der Waals surface area (Å²) in [5.74, 6) is 1.58. The van der Waals surface area contributed by atoms with Crippen molar-refractivity contribution in [3.8, 4) is 0 Å². The highest BCUT2D eigenvalue weighted by Gasteiger charge is 2.04. The quantitative estimate of drug-likeness (QED) is 0.821. The van der Waals surface area contributed by atoms with Crippen molar-refractivity contribution in [1.82, 2.24) is 15.0 Å². The summed E-state index contributed by atoms with van der Waals surface area (Å²) >= 11 is 1.71. The van der Waals surface area contributed by atoms with E-state index in [1.807, 2.05) is 20.0 Å². The Bertz CT molecular complexity index is 552. The van der Waals surface area contributed by atoms with Crippen molar-refractivity contribution in [2.45, 2.75) is 33.6 Å². The number of rotatable bonds is 7. The van der Waals surface area contributed by atoms with Gasteiger partial charge in [-0.2, -0.15) is 4.98 Å². The van der Waals surface area contributed by atoms with Crippen LogP contribution in [-0.2, 0) is 6.42 Å². The Morgan fingerprint density at radius 3 is 2.70 bits per heavy atom. The Kier molecular flexibility index (Phi) is 5.29. The number of aryl methyl sites for hydroxylation is 2. The number of nitrogens with one attached hydrogen (secondary N) is 2. The zero-order chi connectivity index (χ0) is 14.4. The third-order valence-electron chi connectivity index (χ3n) is 2.80. The van der Waals surface area contributed by atoms with E-state index in [-0.39, 0.29) is 0 Å². The van der Waals surface area contributed by atoms with Crippen LogP contribution in [0.4, 0.5) is 11.8 Å². The van der Waals surface area contributed by atoms with Crippen molar-refractivity contribution in [1.29, 1.82) is 0 Å². The Hall–Kier alpha value is -1.69. The van der Waals surface area contributed by atoms with Gasteiger partial charge in [0.15, 0.2) is 0 Å². The smallest absolute Gasteiger partial charge is 0.224 e. The lowest BCUT2D eigenvalue weighted by Crippen LogP contribution is -2.11. The van der Waals surface area contributed by atoms with Crippen LogP contribution >= 0.6 is 11.3 Å². The van der Waals surface area contributed by atoms with E-state index in [2.05, 4.69) is 37.9 Å². The average molecular weight is 291 g/mol.